The maximum atomic E-state index is 13.1. The lowest BCUT2D eigenvalue weighted by Gasteiger charge is -2.32. The number of carbonyl (C=O) groups excluding carboxylic acids is 2. The van der Waals surface area contributed by atoms with Gasteiger partial charge in [0.25, 0.3) is 0 Å². The van der Waals surface area contributed by atoms with E-state index in [9.17, 15) is 9.59 Å². The number of fused-ring (bicyclic) bond motifs is 1. The third-order valence-electron chi connectivity index (χ3n) is 6.12. The standard InChI is InChI=1S/C25H33N3O5/c1-6-16(2)23(24(29)26-19-8-7-9-20(14-19)31-3)27-25(30)28-11-10-17-12-21(32-4)22(33-5)13-18(17)15-28/h7-9,12-14,16,23H,6,10-11,15H2,1-5H3,(H,26,29)(H,27,30)/t16-,23+/m1/s1. The molecule has 1 aliphatic heterocycles. The van der Waals surface area contributed by atoms with Crippen LogP contribution < -0.4 is 24.8 Å². The summed E-state index contributed by atoms with van der Waals surface area (Å²) in [5.41, 5.74) is 2.76. The summed E-state index contributed by atoms with van der Waals surface area (Å²) in [6, 6.07) is 10.1. The molecule has 33 heavy (non-hydrogen) atoms. The van der Waals surface area contributed by atoms with Crippen LogP contribution in [0, 0.1) is 5.92 Å². The Balaban J connectivity index is 1.72. The molecular weight excluding hydrogens is 422 g/mol. The zero-order valence-electron chi connectivity index (χ0n) is 19.9. The molecule has 0 saturated carbocycles. The second-order valence-electron chi connectivity index (χ2n) is 8.18. The van der Waals surface area contributed by atoms with Crippen molar-refractivity contribution in [3.05, 3.63) is 47.5 Å². The van der Waals surface area contributed by atoms with Crippen molar-refractivity contribution in [3.63, 3.8) is 0 Å². The SMILES string of the molecule is CC[C@@H](C)[C@H](NC(=O)N1CCc2cc(OC)c(OC)cc2C1)C(=O)Nc1cccc(OC)c1. The van der Waals surface area contributed by atoms with Gasteiger partial charge >= 0.3 is 6.03 Å². The fourth-order valence-corrected chi connectivity index (χ4v) is 3.90. The van der Waals surface area contributed by atoms with Gasteiger partial charge in [0.2, 0.25) is 5.91 Å². The predicted molar refractivity (Wildman–Crippen MR) is 127 cm³/mol. The van der Waals surface area contributed by atoms with Crippen LogP contribution in [0.3, 0.4) is 0 Å². The van der Waals surface area contributed by atoms with Crippen LogP contribution in [0.5, 0.6) is 17.2 Å². The highest BCUT2D eigenvalue weighted by Gasteiger charge is 2.30. The first-order valence-electron chi connectivity index (χ1n) is 11.1. The van der Waals surface area contributed by atoms with Crippen LogP contribution in [-0.4, -0.2) is 50.8 Å². The molecule has 8 nitrogen and oxygen atoms in total. The van der Waals surface area contributed by atoms with Gasteiger partial charge in [-0.2, -0.15) is 0 Å². The second kappa shape index (κ2) is 10.9. The highest BCUT2D eigenvalue weighted by atomic mass is 16.5. The van der Waals surface area contributed by atoms with Gasteiger partial charge in [-0.25, -0.2) is 4.79 Å². The van der Waals surface area contributed by atoms with Crippen LogP contribution in [-0.2, 0) is 17.8 Å². The number of methoxy groups -OCH3 is 3. The first-order valence-corrected chi connectivity index (χ1v) is 11.1. The summed E-state index contributed by atoms with van der Waals surface area (Å²) in [5, 5.41) is 5.86. The zero-order valence-corrected chi connectivity index (χ0v) is 19.9. The van der Waals surface area contributed by atoms with Gasteiger partial charge < -0.3 is 29.7 Å². The van der Waals surface area contributed by atoms with E-state index in [2.05, 4.69) is 10.6 Å². The van der Waals surface area contributed by atoms with Crippen LogP contribution >= 0.6 is 0 Å². The lowest BCUT2D eigenvalue weighted by Crippen LogP contribution is -2.53. The molecule has 1 heterocycles. The molecule has 0 aliphatic carbocycles. The number of ether oxygens (including phenoxy) is 3. The highest BCUT2D eigenvalue weighted by Crippen LogP contribution is 2.33. The van der Waals surface area contributed by atoms with Crippen molar-refractivity contribution in [1.82, 2.24) is 10.2 Å². The Morgan fingerprint density at radius 3 is 2.36 bits per heavy atom. The Morgan fingerprint density at radius 1 is 1.03 bits per heavy atom. The van der Waals surface area contributed by atoms with E-state index in [-0.39, 0.29) is 17.9 Å². The van der Waals surface area contributed by atoms with Crippen molar-refractivity contribution in [2.75, 3.05) is 33.2 Å². The smallest absolute Gasteiger partial charge is 0.318 e. The van der Waals surface area contributed by atoms with E-state index in [1.54, 1.807) is 44.4 Å². The van der Waals surface area contributed by atoms with Gasteiger partial charge in [0.1, 0.15) is 11.8 Å². The number of carbonyl (C=O) groups is 2. The maximum absolute atomic E-state index is 13.1. The number of hydrogen-bond acceptors (Lipinski definition) is 5. The molecule has 0 saturated heterocycles. The van der Waals surface area contributed by atoms with Crippen LogP contribution in [0.15, 0.2) is 36.4 Å². The van der Waals surface area contributed by atoms with Crippen molar-refractivity contribution in [2.45, 2.75) is 39.3 Å². The molecule has 0 bridgehead atoms. The normalized spacial score (nSPS) is 14.5. The number of benzene rings is 2. The van der Waals surface area contributed by atoms with Crippen molar-refractivity contribution in [2.24, 2.45) is 5.92 Å². The number of rotatable bonds is 8. The summed E-state index contributed by atoms with van der Waals surface area (Å²) < 4.78 is 16.0. The highest BCUT2D eigenvalue weighted by molar-refractivity contribution is 5.97. The van der Waals surface area contributed by atoms with Crippen LogP contribution in [0.4, 0.5) is 10.5 Å². The van der Waals surface area contributed by atoms with E-state index in [1.165, 1.54) is 0 Å². The Bertz CT molecular complexity index is 994. The predicted octanol–water partition coefficient (Wildman–Crippen LogP) is 3.83. The van der Waals surface area contributed by atoms with Crippen LogP contribution in [0.25, 0.3) is 0 Å². The molecule has 2 N–H and O–H groups in total. The molecule has 0 fully saturated rings. The summed E-state index contributed by atoms with van der Waals surface area (Å²) >= 11 is 0. The third-order valence-corrected chi connectivity index (χ3v) is 6.12. The quantitative estimate of drug-likeness (QED) is 0.632. The monoisotopic (exact) mass is 455 g/mol. The number of amides is 3. The summed E-state index contributed by atoms with van der Waals surface area (Å²) in [6.45, 7) is 4.95. The topological polar surface area (TPSA) is 89.1 Å². The minimum absolute atomic E-state index is 0.0408. The first kappa shape index (κ1) is 24.2. The number of urea groups is 1. The van der Waals surface area contributed by atoms with Crippen LogP contribution in [0.1, 0.15) is 31.4 Å². The third kappa shape index (κ3) is 5.69. The molecule has 3 rings (SSSR count). The van der Waals surface area contributed by atoms with E-state index in [0.29, 0.717) is 42.4 Å². The Kier molecular flexibility index (Phi) is 8.03. The van der Waals surface area contributed by atoms with Gasteiger partial charge in [0.15, 0.2) is 11.5 Å². The average molecular weight is 456 g/mol. The second-order valence-corrected chi connectivity index (χ2v) is 8.18. The Hall–Kier alpha value is -3.42. The summed E-state index contributed by atoms with van der Waals surface area (Å²) in [5.74, 6) is 1.67. The largest absolute Gasteiger partial charge is 0.497 e. The van der Waals surface area contributed by atoms with Gasteiger partial charge in [-0.1, -0.05) is 26.3 Å². The summed E-state index contributed by atoms with van der Waals surface area (Å²) in [6.07, 6.45) is 1.45. The fraction of sp³-hybridized carbons (Fsp3) is 0.440. The number of nitrogens with one attached hydrogen (secondary N) is 2. The summed E-state index contributed by atoms with van der Waals surface area (Å²) in [4.78, 5) is 27.9. The molecule has 0 unspecified atom stereocenters. The van der Waals surface area contributed by atoms with E-state index in [1.807, 2.05) is 32.0 Å². The summed E-state index contributed by atoms with van der Waals surface area (Å²) in [7, 11) is 4.78. The Morgan fingerprint density at radius 2 is 1.73 bits per heavy atom. The van der Waals surface area contributed by atoms with Crippen LogP contribution in [0.2, 0.25) is 0 Å². The molecule has 8 heteroatoms. The van der Waals surface area contributed by atoms with Crippen molar-refractivity contribution >= 4 is 17.6 Å². The van der Waals surface area contributed by atoms with Crippen molar-refractivity contribution in [3.8, 4) is 17.2 Å². The number of anilines is 1. The molecular formula is C25H33N3O5. The molecule has 2 aromatic carbocycles. The van der Waals surface area contributed by atoms with Crippen molar-refractivity contribution < 1.29 is 23.8 Å². The van der Waals surface area contributed by atoms with E-state index < -0.39 is 6.04 Å². The van der Waals surface area contributed by atoms with Gasteiger partial charge in [-0.05, 0) is 47.7 Å². The zero-order chi connectivity index (χ0) is 24.0. The first-order chi connectivity index (χ1) is 15.9. The number of nitrogens with zero attached hydrogens (tertiary/aromatic N) is 1. The molecule has 0 radical (unpaired) electrons. The lowest BCUT2D eigenvalue weighted by atomic mass is 9.97. The molecule has 2 aromatic rings. The Labute approximate surface area is 195 Å². The van der Waals surface area contributed by atoms with E-state index in [0.717, 1.165) is 17.5 Å². The molecule has 0 spiro atoms. The molecule has 2 atom stereocenters. The maximum Gasteiger partial charge on any atom is 0.318 e. The molecule has 178 valence electrons. The van der Waals surface area contributed by atoms with E-state index >= 15 is 0 Å². The van der Waals surface area contributed by atoms with Gasteiger partial charge in [-0.3, -0.25) is 4.79 Å². The fourth-order valence-electron chi connectivity index (χ4n) is 3.90. The van der Waals surface area contributed by atoms with Gasteiger partial charge in [0.05, 0.1) is 21.3 Å². The van der Waals surface area contributed by atoms with Gasteiger partial charge in [-0.15, -0.1) is 0 Å². The minimum Gasteiger partial charge on any atom is -0.497 e. The molecule has 1 aliphatic rings. The average Bonchev–Trinajstić information content (AvgIpc) is 2.85. The van der Waals surface area contributed by atoms with Gasteiger partial charge in [0, 0.05) is 24.8 Å². The molecule has 0 aromatic heterocycles. The minimum atomic E-state index is -0.666. The molecule has 3 amide bonds. The van der Waals surface area contributed by atoms with E-state index in [4.69, 9.17) is 14.2 Å². The number of hydrogen-bond donors (Lipinski definition) is 2. The lowest BCUT2D eigenvalue weighted by molar-refractivity contribution is -0.119. The van der Waals surface area contributed by atoms with Crippen molar-refractivity contribution in [1.29, 1.82) is 0 Å².